The molecule has 2 heterocycles. The van der Waals surface area contributed by atoms with Crippen LogP contribution in [0, 0.1) is 0 Å². The zero-order valence-electron chi connectivity index (χ0n) is 14.0. The molecule has 2 saturated heterocycles. The fraction of sp³-hybridized carbons (Fsp3) is 0.556. The zero-order chi connectivity index (χ0) is 16.8. The van der Waals surface area contributed by atoms with Crippen molar-refractivity contribution in [2.45, 2.75) is 25.3 Å². The monoisotopic (exact) mass is 330 g/mol. The third kappa shape index (κ3) is 4.79. The van der Waals surface area contributed by atoms with E-state index in [4.69, 9.17) is 0 Å². The number of amides is 2. The van der Waals surface area contributed by atoms with E-state index >= 15 is 0 Å². The summed E-state index contributed by atoms with van der Waals surface area (Å²) in [5.41, 5.74) is 0.820. The van der Waals surface area contributed by atoms with Crippen LogP contribution >= 0.6 is 0 Å². The van der Waals surface area contributed by atoms with Gasteiger partial charge in [-0.3, -0.25) is 14.5 Å². The summed E-state index contributed by atoms with van der Waals surface area (Å²) in [6.07, 6.45) is 2.88. The fourth-order valence-corrected chi connectivity index (χ4v) is 3.35. The van der Waals surface area contributed by atoms with Gasteiger partial charge in [-0.1, -0.05) is 18.2 Å². The molecule has 1 aromatic rings. The molecule has 2 N–H and O–H groups in total. The predicted octanol–water partition coefficient (Wildman–Crippen LogP) is 0.911. The number of rotatable bonds is 5. The van der Waals surface area contributed by atoms with E-state index in [1.54, 1.807) is 0 Å². The van der Waals surface area contributed by atoms with Gasteiger partial charge in [0.25, 0.3) is 0 Å². The highest BCUT2D eigenvalue weighted by Crippen LogP contribution is 2.12. The second kappa shape index (κ2) is 8.26. The van der Waals surface area contributed by atoms with E-state index in [0.717, 1.165) is 31.7 Å². The maximum absolute atomic E-state index is 12.3. The average molecular weight is 330 g/mol. The number of benzene rings is 1. The average Bonchev–Trinajstić information content (AvgIpc) is 3.09. The van der Waals surface area contributed by atoms with Crippen molar-refractivity contribution in [3.05, 3.63) is 30.3 Å². The number of nitrogens with one attached hydrogen (secondary N) is 2. The van der Waals surface area contributed by atoms with Gasteiger partial charge in [-0.2, -0.15) is 0 Å². The minimum Gasteiger partial charge on any atom is -0.340 e. The second-order valence-electron chi connectivity index (χ2n) is 6.57. The molecule has 1 unspecified atom stereocenters. The Hall–Kier alpha value is -1.92. The molecule has 1 aromatic carbocycles. The van der Waals surface area contributed by atoms with Gasteiger partial charge in [-0.25, -0.2) is 0 Å². The molecule has 24 heavy (non-hydrogen) atoms. The SMILES string of the molecule is O=C(CN1CCN(C(=O)CC2CCCN2)CC1)Nc1ccccc1. The van der Waals surface area contributed by atoms with Crippen LogP contribution in [0.2, 0.25) is 0 Å². The summed E-state index contributed by atoms with van der Waals surface area (Å²) in [5.74, 6) is 0.235. The van der Waals surface area contributed by atoms with E-state index < -0.39 is 0 Å². The minimum absolute atomic E-state index is 0.00358. The Morgan fingerprint density at radius 3 is 2.54 bits per heavy atom. The summed E-state index contributed by atoms with van der Waals surface area (Å²) >= 11 is 0. The molecular formula is C18H26N4O2. The molecule has 0 saturated carbocycles. The van der Waals surface area contributed by atoms with Crippen LogP contribution in [0.5, 0.6) is 0 Å². The van der Waals surface area contributed by atoms with Crippen molar-refractivity contribution in [2.75, 3.05) is 44.6 Å². The Balaban J connectivity index is 1.38. The molecule has 3 rings (SSSR count). The zero-order valence-corrected chi connectivity index (χ0v) is 14.0. The van der Waals surface area contributed by atoms with Gasteiger partial charge in [-0.05, 0) is 31.5 Å². The number of nitrogens with zero attached hydrogens (tertiary/aromatic N) is 2. The van der Waals surface area contributed by atoms with Gasteiger partial charge in [-0.15, -0.1) is 0 Å². The van der Waals surface area contributed by atoms with Crippen LogP contribution in [0.4, 0.5) is 5.69 Å². The first-order valence-corrected chi connectivity index (χ1v) is 8.79. The lowest BCUT2D eigenvalue weighted by Gasteiger charge is -2.34. The third-order valence-corrected chi connectivity index (χ3v) is 4.73. The molecule has 2 aliphatic heterocycles. The highest BCUT2D eigenvalue weighted by Gasteiger charge is 2.25. The smallest absolute Gasteiger partial charge is 0.238 e. The summed E-state index contributed by atoms with van der Waals surface area (Å²) < 4.78 is 0. The Morgan fingerprint density at radius 1 is 1.12 bits per heavy atom. The van der Waals surface area contributed by atoms with Crippen molar-refractivity contribution in [2.24, 2.45) is 0 Å². The Labute approximate surface area is 143 Å². The van der Waals surface area contributed by atoms with Gasteiger partial charge in [0.2, 0.25) is 11.8 Å². The topological polar surface area (TPSA) is 64.7 Å². The summed E-state index contributed by atoms with van der Waals surface area (Å²) in [6, 6.07) is 9.84. The molecule has 0 spiro atoms. The van der Waals surface area contributed by atoms with E-state index in [9.17, 15) is 9.59 Å². The van der Waals surface area contributed by atoms with Gasteiger partial charge in [0, 0.05) is 44.3 Å². The van der Waals surface area contributed by atoms with Crippen molar-refractivity contribution in [1.82, 2.24) is 15.1 Å². The Morgan fingerprint density at radius 2 is 1.88 bits per heavy atom. The molecular weight excluding hydrogens is 304 g/mol. The number of hydrogen-bond acceptors (Lipinski definition) is 4. The van der Waals surface area contributed by atoms with Crippen molar-refractivity contribution in [3.8, 4) is 0 Å². The van der Waals surface area contributed by atoms with Gasteiger partial charge in [0.15, 0.2) is 0 Å². The van der Waals surface area contributed by atoms with Crippen LogP contribution in [-0.4, -0.2) is 66.9 Å². The molecule has 2 amide bonds. The van der Waals surface area contributed by atoms with Gasteiger partial charge < -0.3 is 15.5 Å². The fourth-order valence-electron chi connectivity index (χ4n) is 3.35. The second-order valence-corrected chi connectivity index (χ2v) is 6.57. The van der Waals surface area contributed by atoms with Gasteiger partial charge >= 0.3 is 0 Å². The van der Waals surface area contributed by atoms with Crippen LogP contribution in [0.25, 0.3) is 0 Å². The Kier molecular flexibility index (Phi) is 5.82. The summed E-state index contributed by atoms with van der Waals surface area (Å²) in [5, 5.41) is 6.28. The van der Waals surface area contributed by atoms with Crippen LogP contribution in [0.3, 0.4) is 0 Å². The van der Waals surface area contributed by atoms with Gasteiger partial charge in [0.1, 0.15) is 0 Å². The van der Waals surface area contributed by atoms with E-state index in [2.05, 4.69) is 15.5 Å². The van der Waals surface area contributed by atoms with E-state index in [-0.39, 0.29) is 11.8 Å². The largest absolute Gasteiger partial charge is 0.340 e. The lowest BCUT2D eigenvalue weighted by Crippen LogP contribution is -2.51. The minimum atomic E-state index is -0.00358. The normalized spacial score (nSPS) is 21.7. The van der Waals surface area contributed by atoms with Crippen LogP contribution in [0.15, 0.2) is 30.3 Å². The molecule has 0 aliphatic carbocycles. The first-order chi connectivity index (χ1) is 11.7. The number of anilines is 1. The summed E-state index contributed by atoms with van der Waals surface area (Å²) in [4.78, 5) is 28.4. The van der Waals surface area contributed by atoms with Crippen LogP contribution in [0.1, 0.15) is 19.3 Å². The first kappa shape index (κ1) is 16.9. The molecule has 0 aromatic heterocycles. The number of carbonyl (C=O) groups is 2. The van der Waals surface area contributed by atoms with Crippen molar-refractivity contribution >= 4 is 17.5 Å². The highest BCUT2D eigenvalue weighted by atomic mass is 16.2. The van der Waals surface area contributed by atoms with Crippen molar-refractivity contribution in [1.29, 1.82) is 0 Å². The van der Waals surface area contributed by atoms with Crippen LogP contribution < -0.4 is 10.6 Å². The van der Waals surface area contributed by atoms with Crippen molar-refractivity contribution in [3.63, 3.8) is 0 Å². The molecule has 0 radical (unpaired) electrons. The maximum atomic E-state index is 12.3. The standard InChI is InChI=1S/C18H26N4O2/c23-17(20-15-5-2-1-3-6-15)14-21-9-11-22(12-10-21)18(24)13-16-7-4-8-19-16/h1-3,5-6,16,19H,4,7-14H2,(H,20,23). The number of para-hydroxylation sites is 1. The van der Waals surface area contributed by atoms with Crippen LogP contribution in [-0.2, 0) is 9.59 Å². The van der Waals surface area contributed by atoms with E-state index in [1.165, 1.54) is 6.42 Å². The van der Waals surface area contributed by atoms with Gasteiger partial charge in [0.05, 0.1) is 6.54 Å². The lowest BCUT2D eigenvalue weighted by molar-refractivity contribution is -0.133. The lowest BCUT2D eigenvalue weighted by atomic mass is 10.1. The predicted molar refractivity (Wildman–Crippen MR) is 93.7 cm³/mol. The number of hydrogen-bond donors (Lipinski definition) is 2. The maximum Gasteiger partial charge on any atom is 0.238 e. The molecule has 2 aliphatic rings. The summed E-state index contributed by atoms with van der Waals surface area (Å²) in [6.45, 7) is 4.34. The molecule has 6 nitrogen and oxygen atoms in total. The third-order valence-electron chi connectivity index (χ3n) is 4.73. The molecule has 0 bridgehead atoms. The molecule has 1 atom stereocenters. The molecule has 6 heteroatoms. The summed E-state index contributed by atoms with van der Waals surface area (Å²) in [7, 11) is 0. The highest BCUT2D eigenvalue weighted by molar-refractivity contribution is 5.92. The number of piperazine rings is 1. The van der Waals surface area contributed by atoms with E-state index in [1.807, 2.05) is 35.2 Å². The molecule has 2 fully saturated rings. The quantitative estimate of drug-likeness (QED) is 0.842. The first-order valence-electron chi connectivity index (χ1n) is 8.79. The number of carbonyl (C=O) groups excluding carboxylic acids is 2. The molecule has 130 valence electrons. The Bertz CT molecular complexity index is 549. The van der Waals surface area contributed by atoms with Crippen molar-refractivity contribution < 1.29 is 9.59 Å². The van der Waals surface area contributed by atoms with E-state index in [0.29, 0.717) is 32.1 Å².